The van der Waals surface area contributed by atoms with Crippen LogP contribution in [0.1, 0.15) is 15.9 Å². The maximum absolute atomic E-state index is 13.1. The lowest BCUT2D eigenvalue weighted by molar-refractivity contribution is 0.0600. The van der Waals surface area contributed by atoms with Crippen molar-refractivity contribution in [1.82, 2.24) is 8.61 Å². The monoisotopic (exact) mass is 472 g/mol. The van der Waals surface area contributed by atoms with Gasteiger partial charge in [0.2, 0.25) is 20.0 Å². The molecule has 1 fully saturated rings. The minimum atomic E-state index is -3.85. The number of carbonyl (C=O) groups is 1. The molecule has 2 aromatic carbocycles. The second-order valence-corrected chi connectivity index (χ2v) is 10.9. The number of halogens is 1. The van der Waals surface area contributed by atoms with Crippen LogP contribution in [-0.4, -0.2) is 64.7 Å². The summed E-state index contributed by atoms with van der Waals surface area (Å²) >= 11 is 6.03. The van der Waals surface area contributed by atoms with Crippen molar-refractivity contribution in [3.8, 4) is 0 Å². The number of aryl methyl sites for hydroxylation is 1. The molecular weight excluding hydrogens is 452 g/mol. The van der Waals surface area contributed by atoms with Crippen molar-refractivity contribution in [2.24, 2.45) is 0 Å². The number of esters is 1. The van der Waals surface area contributed by atoms with Gasteiger partial charge in [0.05, 0.1) is 22.6 Å². The number of sulfonamides is 2. The molecule has 0 saturated carbocycles. The molecule has 1 saturated heterocycles. The topological polar surface area (TPSA) is 101 Å². The molecule has 0 unspecified atom stereocenters. The first-order valence-electron chi connectivity index (χ1n) is 9.03. The number of piperazine rings is 1. The highest BCUT2D eigenvalue weighted by molar-refractivity contribution is 7.89. The van der Waals surface area contributed by atoms with Gasteiger partial charge in [-0.3, -0.25) is 0 Å². The van der Waals surface area contributed by atoms with Crippen LogP contribution >= 0.6 is 11.6 Å². The Hall–Kier alpha value is -1.98. The number of benzene rings is 2. The molecule has 2 aromatic rings. The highest BCUT2D eigenvalue weighted by Gasteiger charge is 2.35. The Bertz CT molecular complexity index is 1170. The van der Waals surface area contributed by atoms with E-state index in [9.17, 15) is 21.6 Å². The summed E-state index contributed by atoms with van der Waals surface area (Å²) in [5, 5.41) is 0.119. The van der Waals surface area contributed by atoms with Crippen LogP contribution in [0.4, 0.5) is 0 Å². The third-order valence-electron chi connectivity index (χ3n) is 4.87. The fourth-order valence-corrected chi connectivity index (χ4v) is 6.81. The Morgan fingerprint density at radius 1 is 0.900 bits per heavy atom. The first-order valence-corrected chi connectivity index (χ1v) is 12.3. The van der Waals surface area contributed by atoms with Gasteiger partial charge >= 0.3 is 5.97 Å². The summed E-state index contributed by atoms with van der Waals surface area (Å²) in [4.78, 5) is 11.7. The molecule has 11 heteroatoms. The number of rotatable bonds is 5. The van der Waals surface area contributed by atoms with E-state index in [-0.39, 0.29) is 46.6 Å². The smallest absolute Gasteiger partial charge is 0.337 e. The van der Waals surface area contributed by atoms with Crippen LogP contribution in [0.25, 0.3) is 0 Å². The van der Waals surface area contributed by atoms with Gasteiger partial charge in [-0.1, -0.05) is 23.7 Å². The van der Waals surface area contributed by atoms with Gasteiger partial charge in [0.25, 0.3) is 0 Å². The van der Waals surface area contributed by atoms with Crippen LogP contribution in [-0.2, 0) is 24.8 Å². The predicted octanol–water partition coefficient (Wildman–Crippen LogP) is 2.13. The molecule has 1 heterocycles. The number of methoxy groups -OCH3 is 1. The molecule has 0 atom stereocenters. The number of carbonyl (C=O) groups excluding carboxylic acids is 1. The van der Waals surface area contributed by atoms with E-state index in [4.69, 9.17) is 11.6 Å². The van der Waals surface area contributed by atoms with Crippen molar-refractivity contribution >= 4 is 37.6 Å². The van der Waals surface area contributed by atoms with Crippen LogP contribution in [0.5, 0.6) is 0 Å². The average molecular weight is 473 g/mol. The molecule has 0 bridgehead atoms. The summed E-state index contributed by atoms with van der Waals surface area (Å²) in [6.45, 7) is 1.62. The van der Waals surface area contributed by atoms with E-state index < -0.39 is 26.0 Å². The molecule has 0 aliphatic carbocycles. The maximum atomic E-state index is 13.1. The van der Waals surface area contributed by atoms with E-state index in [0.717, 1.165) is 0 Å². The van der Waals surface area contributed by atoms with Crippen molar-refractivity contribution in [2.45, 2.75) is 16.7 Å². The maximum Gasteiger partial charge on any atom is 0.337 e. The lowest BCUT2D eigenvalue weighted by Gasteiger charge is -2.33. The zero-order chi connectivity index (χ0) is 22.1. The lowest BCUT2D eigenvalue weighted by Crippen LogP contribution is -2.50. The molecule has 162 valence electrons. The van der Waals surface area contributed by atoms with Crippen LogP contribution in [0.2, 0.25) is 5.02 Å². The van der Waals surface area contributed by atoms with E-state index in [1.54, 1.807) is 19.1 Å². The fraction of sp³-hybridized carbons (Fsp3) is 0.316. The number of hydrogen-bond acceptors (Lipinski definition) is 6. The zero-order valence-corrected chi connectivity index (χ0v) is 18.8. The Balaban J connectivity index is 1.79. The molecule has 0 spiro atoms. The number of ether oxygens (including phenoxy) is 1. The third kappa shape index (κ3) is 4.23. The van der Waals surface area contributed by atoms with Crippen LogP contribution in [0.15, 0.2) is 52.3 Å². The minimum absolute atomic E-state index is 0.00258. The van der Waals surface area contributed by atoms with E-state index in [1.165, 1.54) is 46.1 Å². The van der Waals surface area contributed by atoms with Gasteiger partial charge in [-0.05, 0) is 42.8 Å². The summed E-state index contributed by atoms with van der Waals surface area (Å²) in [7, 11) is -6.43. The van der Waals surface area contributed by atoms with E-state index in [0.29, 0.717) is 5.56 Å². The van der Waals surface area contributed by atoms with Gasteiger partial charge in [0.1, 0.15) is 4.90 Å². The van der Waals surface area contributed by atoms with Crippen molar-refractivity contribution in [1.29, 1.82) is 0 Å². The fourth-order valence-electron chi connectivity index (χ4n) is 3.27. The van der Waals surface area contributed by atoms with Gasteiger partial charge in [0, 0.05) is 26.2 Å². The predicted molar refractivity (Wildman–Crippen MR) is 111 cm³/mol. The van der Waals surface area contributed by atoms with Crippen molar-refractivity contribution in [3.05, 3.63) is 58.6 Å². The normalized spacial score (nSPS) is 16.4. The van der Waals surface area contributed by atoms with Gasteiger partial charge in [-0.25, -0.2) is 21.6 Å². The second-order valence-electron chi connectivity index (χ2n) is 6.71. The number of hydrogen-bond donors (Lipinski definition) is 0. The molecular formula is C19H21ClN2O6S2. The second kappa shape index (κ2) is 8.64. The van der Waals surface area contributed by atoms with E-state index >= 15 is 0 Å². The summed E-state index contributed by atoms with van der Waals surface area (Å²) in [5.74, 6) is -0.555. The summed E-state index contributed by atoms with van der Waals surface area (Å²) in [6, 6.07) is 10.4. The van der Waals surface area contributed by atoms with Crippen molar-refractivity contribution < 1.29 is 26.4 Å². The average Bonchev–Trinajstić information content (AvgIpc) is 2.73. The molecule has 3 rings (SSSR count). The molecule has 30 heavy (non-hydrogen) atoms. The SMILES string of the molecule is COC(=O)c1ccc(S(=O)(=O)N2CCN(S(=O)(=O)c3ccccc3Cl)CC2)c(C)c1. The highest BCUT2D eigenvalue weighted by Crippen LogP contribution is 2.27. The molecule has 0 amide bonds. The summed E-state index contributed by atoms with van der Waals surface area (Å²) in [5.41, 5.74) is 0.661. The summed E-state index contributed by atoms with van der Waals surface area (Å²) in [6.07, 6.45) is 0. The number of nitrogens with zero attached hydrogens (tertiary/aromatic N) is 2. The molecule has 8 nitrogen and oxygen atoms in total. The zero-order valence-electron chi connectivity index (χ0n) is 16.4. The van der Waals surface area contributed by atoms with Gasteiger partial charge in [0.15, 0.2) is 0 Å². The minimum Gasteiger partial charge on any atom is -0.465 e. The standard InChI is InChI=1S/C19H21ClN2O6S2/c1-14-13-15(19(23)28-2)7-8-17(14)29(24,25)21-9-11-22(12-10-21)30(26,27)18-6-4-3-5-16(18)20/h3-8,13H,9-12H2,1-2H3. The Kier molecular flexibility index (Phi) is 6.54. The largest absolute Gasteiger partial charge is 0.465 e. The first kappa shape index (κ1) is 22.7. The molecule has 1 aliphatic heterocycles. The van der Waals surface area contributed by atoms with Crippen molar-refractivity contribution in [3.63, 3.8) is 0 Å². The van der Waals surface area contributed by atoms with Crippen LogP contribution in [0.3, 0.4) is 0 Å². The quantitative estimate of drug-likeness (QED) is 0.618. The summed E-state index contributed by atoms with van der Waals surface area (Å²) < 4.78 is 58.9. The highest BCUT2D eigenvalue weighted by atomic mass is 35.5. The van der Waals surface area contributed by atoms with Gasteiger partial charge in [-0.15, -0.1) is 0 Å². The van der Waals surface area contributed by atoms with Gasteiger partial charge < -0.3 is 4.74 Å². The van der Waals surface area contributed by atoms with E-state index in [1.807, 2.05) is 0 Å². The molecule has 0 aromatic heterocycles. The molecule has 0 N–H and O–H groups in total. The van der Waals surface area contributed by atoms with Gasteiger partial charge in [-0.2, -0.15) is 8.61 Å². The molecule has 0 radical (unpaired) electrons. The Labute approximate surface area is 181 Å². The third-order valence-corrected chi connectivity index (χ3v) is 9.32. The van der Waals surface area contributed by atoms with Crippen molar-refractivity contribution in [2.75, 3.05) is 33.3 Å². The lowest BCUT2D eigenvalue weighted by atomic mass is 10.1. The molecule has 1 aliphatic rings. The Morgan fingerprint density at radius 2 is 1.43 bits per heavy atom. The van der Waals surface area contributed by atoms with E-state index in [2.05, 4.69) is 4.74 Å². The van der Waals surface area contributed by atoms with Crippen LogP contribution in [0, 0.1) is 6.92 Å². The first-order chi connectivity index (χ1) is 14.1. The Morgan fingerprint density at radius 3 is 1.93 bits per heavy atom. The van der Waals surface area contributed by atoms with Crippen LogP contribution < -0.4 is 0 Å².